The first kappa shape index (κ1) is 28.1. The number of halogens is 3. The van der Waals surface area contributed by atoms with E-state index in [1.54, 1.807) is 36.4 Å². The third kappa shape index (κ3) is 7.50. The van der Waals surface area contributed by atoms with Crippen LogP contribution in [0.1, 0.15) is 11.1 Å². The zero-order chi connectivity index (χ0) is 27.2. The fraction of sp³-hybridized carbons (Fsp3) is 0.231. The van der Waals surface area contributed by atoms with E-state index >= 15 is 0 Å². The van der Waals surface area contributed by atoms with E-state index in [1.807, 2.05) is 18.2 Å². The first-order valence-electron chi connectivity index (χ1n) is 11.2. The molecule has 1 N–H and O–H groups in total. The van der Waals surface area contributed by atoms with Crippen LogP contribution < -0.4 is 9.62 Å². The Bertz CT molecular complexity index is 1360. The smallest absolute Gasteiger partial charge is 0.244 e. The van der Waals surface area contributed by atoms with E-state index < -0.39 is 46.1 Å². The molecule has 0 heterocycles. The van der Waals surface area contributed by atoms with E-state index in [9.17, 15) is 26.8 Å². The maximum atomic E-state index is 13.9. The van der Waals surface area contributed by atoms with Crippen LogP contribution in [-0.4, -0.2) is 51.0 Å². The number of nitrogens with one attached hydrogen (secondary N) is 1. The van der Waals surface area contributed by atoms with Crippen LogP contribution >= 0.6 is 11.6 Å². The largest absolute Gasteiger partial charge is 0.357 e. The minimum absolute atomic E-state index is 0.0314. The van der Waals surface area contributed by atoms with Crippen molar-refractivity contribution in [3.8, 4) is 0 Å². The summed E-state index contributed by atoms with van der Waals surface area (Å²) in [5, 5.41) is 3.05. The van der Waals surface area contributed by atoms with Crippen LogP contribution in [0.2, 0.25) is 5.02 Å². The lowest BCUT2D eigenvalue weighted by molar-refractivity contribution is -0.139. The molecule has 0 aliphatic heterocycles. The van der Waals surface area contributed by atoms with Gasteiger partial charge in [-0.05, 0) is 35.4 Å². The Kier molecular flexibility index (Phi) is 9.23. The molecule has 0 saturated heterocycles. The van der Waals surface area contributed by atoms with Crippen molar-refractivity contribution in [3.05, 3.63) is 101 Å². The monoisotopic (exact) mass is 549 g/mol. The number of nitrogens with zero attached hydrogens (tertiary/aromatic N) is 2. The minimum atomic E-state index is -4.09. The highest BCUT2D eigenvalue weighted by atomic mass is 35.5. The maximum Gasteiger partial charge on any atom is 0.244 e. The summed E-state index contributed by atoms with van der Waals surface area (Å²) in [5.74, 6) is -3.58. The topological polar surface area (TPSA) is 86.8 Å². The second-order valence-corrected chi connectivity index (χ2v) is 10.7. The summed E-state index contributed by atoms with van der Waals surface area (Å²) < 4.78 is 53.2. The molecule has 0 bridgehead atoms. The van der Waals surface area contributed by atoms with Crippen LogP contribution in [0.4, 0.5) is 14.5 Å². The Morgan fingerprint density at radius 3 is 2.16 bits per heavy atom. The summed E-state index contributed by atoms with van der Waals surface area (Å²) in [6.45, 7) is -0.768. The molecule has 11 heteroatoms. The molecule has 1 unspecified atom stereocenters. The summed E-state index contributed by atoms with van der Waals surface area (Å²) >= 11 is 5.99. The Morgan fingerprint density at radius 1 is 0.946 bits per heavy atom. The highest BCUT2D eigenvalue weighted by molar-refractivity contribution is 7.92. The predicted octanol–water partition coefficient (Wildman–Crippen LogP) is 3.77. The lowest BCUT2D eigenvalue weighted by Gasteiger charge is -2.33. The molecule has 0 aliphatic carbocycles. The molecule has 37 heavy (non-hydrogen) atoms. The quantitative estimate of drug-likeness (QED) is 0.417. The van der Waals surface area contributed by atoms with Gasteiger partial charge < -0.3 is 10.2 Å². The summed E-state index contributed by atoms with van der Waals surface area (Å²) in [4.78, 5) is 28.0. The van der Waals surface area contributed by atoms with Gasteiger partial charge in [-0.15, -0.1) is 0 Å². The second-order valence-electron chi connectivity index (χ2n) is 8.34. The van der Waals surface area contributed by atoms with Crippen molar-refractivity contribution >= 4 is 39.1 Å². The number of anilines is 1. The van der Waals surface area contributed by atoms with Crippen LogP contribution in [0.15, 0.2) is 72.8 Å². The average Bonchev–Trinajstić information content (AvgIpc) is 2.87. The molecule has 3 rings (SSSR count). The Hall–Kier alpha value is -3.50. The molecule has 0 aliphatic rings. The lowest BCUT2D eigenvalue weighted by atomic mass is 10.0. The van der Waals surface area contributed by atoms with E-state index in [-0.39, 0.29) is 18.7 Å². The van der Waals surface area contributed by atoms with Gasteiger partial charge in [0.1, 0.15) is 12.6 Å². The van der Waals surface area contributed by atoms with E-state index in [4.69, 9.17) is 11.6 Å². The van der Waals surface area contributed by atoms with Gasteiger partial charge in [0.05, 0.1) is 11.9 Å². The van der Waals surface area contributed by atoms with E-state index in [0.717, 1.165) is 24.0 Å². The minimum Gasteiger partial charge on any atom is -0.357 e. The molecule has 0 spiro atoms. The summed E-state index contributed by atoms with van der Waals surface area (Å²) in [7, 11) is -2.65. The van der Waals surface area contributed by atoms with E-state index in [1.165, 1.54) is 11.9 Å². The van der Waals surface area contributed by atoms with Crippen LogP contribution in [-0.2, 0) is 32.6 Å². The molecule has 0 radical (unpaired) electrons. The second kappa shape index (κ2) is 12.2. The Balaban J connectivity index is 2.03. The summed E-state index contributed by atoms with van der Waals surface area (Å²) in [6.07, 6.45) is 1.01. The van der Waals surface area contributed by atoms with Crippen molar-refractivity contribution in [1.82, 2.24) is 10.2 Å². The first-order chi connectivity index (χ1) is 17.5. The first-order valence-corrected chi connectivity index (χ1v) is 13.4. The normalized spacial score (nSPS) is 12.0. The molecule has 2 amide bonds. The van der Waals surface area contributed by atoms with Crippen molar-refractivity contribution in [1.29, 1.82) is 0 Å². The van der Waals surface area contributed by atoms with Gasteiger partial charge in [-0.3, -0.25) is 13.9 Å². The van der Waals surface area contributed by atoms with Crippen molar-refractivity contribution in [3.63, 3.8) is 0 Å². The number of hydrogen-bond donors (Lipinski definition) is 1. The fourth-order valence-corrected chi connectivity index (χ4v) is 4.73. The molecule has 7 nitrogen and oxygen atoms in total. The molecule has 3 aromatic carbocycles. The number of likely N-dealkylation sites (N-methyl/N-ethyl adjacent to an activating group) is 1. The third-order valence-electron chi connectivity index (χ3n) is 5.65. The standard InChI is InChI=1S/C26H26ClF2N3O4S/c1-30-26(34)24(14-18-6-4-3-5-7-18)31(16-19-8-10-20(27)11-9-19)25(33)17-32(37(2,35)36)21-12-13-22(28)23(29)15-21/h3-13,15,24H,14,16-17H2,1-2H3,(H,30,34). The van der Waals surface area contributed by atoms with Crippen LogP contribution in [0, 0.1) is 11.6 Å². The van der Waals surface area contributed by atoms with Gasteiger partial charge >= 0.3 is 0 Å². The summed E-state index contributed by atoms with van der Waals surface area (Å²) in [5.41, 5.74) is 1.21. The number of amides is 2. The molecular formula is C26H26ClF2N3O4S. The molecular weight excluding hydrogens is 524 g/mol. The highest BCUT2D eigenvalue weighted by Gasteiger charge is 2.32. The van der Waals surface area contributed by atoms with Gasteiger partial charge in [0.15, 0.2) is 11.6 Å². The number of hydrogen-bond acceptors (Lipinski definition) is 4. The zero-order valence-corrected chi connectivity index (χ0v) is 21.8. The maximum absolute atomic E-state index is 13.9. The van der Waals surface area contributed by atoms with Crippen molar-refractivity contribution in [2.24, 2.45) is 0 Å². The molecule has 0 fully saturated rings. The van der Waals surface area contributed by atoms with Crippen LogP contribution in [0.3, 0.4) is 0 Å². The number of sulfonamides is 1. The molecule has 0 aromatic heterocycles. The third-order valence-corrected chi connectivity index (χ3v) is 7.05. The van der Waals surface area contributed by atoms with E-state index in [2.05, 4.69) is 5.32 Å². The van der Waals surface area contributed by atoms with Crippen molar-refractivity contribution < 1.29 is 26.8 Å². The van der Waals surface area contributed by atoms with Crippen molar-refractivity contribution in [2.45, 2.75) is 19.0 Å². The van der Waals surface area contributed by atoms with Gasteiger partial charge in [-0.25, -0.2) is 17.2 Å². The molecule has 0 saturated carbocycles. The zero-order valence-electron chi connectivity index (χ0n) is 20.2. The Morgan fingerprint density at radius 2 is 1.59 bits per heavy atom. The average molecular weight is 550 g/mol. The number of benzene rings is 3. The highest BCUT2D eigenvalue weighted by Crippen LogP contribution is 2.22. The number of carbonyl (C=O) groups excluding carboxylic acids is 2. The summed E-state index contributed by atoms with van der Waals surface area (Å²) in [6, 6.07) is 17.2. The van der Waals surface area contributed by atoms with Gasteiger partial charge in [-0.2, -0.15) is 0 Å². The van der Waals surface area contributed by atoms with E-state index in [0.29, 0.717) is 21.0 Å². The number of rotatable bonds is 10. The van der Waals surface area contributed by atoms with Gasteiger partial charge in [0.2, 0.25) is 21.8 Å². The Labute approximate surface area is 219 Å². The van der Waals surface area contributed by atoms with Gasteiger partial charge in [0, 0.05) is 31.1 Å². The predicted molar refractivity (Wildman–Crippen MR) is 139 cm³/mol. The van der Waals surface area contributed by atoms with Crippen LogP contribution in [0.5, 0.6) is 0 Å². The van der Waals surface area contributed by atoms with Crippen LogP contribution in [0.25, 0.3) is 0 Å². The molecule has 3 aromatic rings. The van der Waals surface area contributed by atoms with Gasteiger partial charge in [0.25, 0.3) is 0 Å². The molecule has 196 valence electrons. The molecule has 1 atom stereocenters. The van der Waals surface area contributed by atoms with Gasteiger partial charge in [-0.1, -0.05) is 54.1 Å². The lowest BCUT2D eigenvalue weighted by Crippen LogP contribution is -2.52. The SMILES string of the molecule is CNC(=O)C(Cc1ccccc1)N(Cc1ccc(Cl)cc1)C(=O)CN(c1ccc(F)c(F)c1)S(C)(=O)=O. The fourth-order valence-electron chi connectivity index (χ4n) is 3.76. The number of carbonyl (C=O) groups is 2. The van der Waals surface area contributed by atoms with Crippen molar-refractivity contribution in [2.75, 3.05) is 24.2 Å².